The van der Waals surface area contributed by atoms with E-state index in [4.69, 9.17) is 9.47 Å². The van der Waals surface area contributed by atoms with Gasteiger partial charge in [0.05, 0.1) is 13.2 Å². The Hall–Kier alpha value is -0.0800. The van der Waals surface area contributed by atoms with Crippen molar-refractivity contribution in [2.24, 2.45) is 11.8 Å². The SMILES string of the molecule is CC1CCC(C2OCCO2)CC1. The molecule has 1 saturated carbocycles. The predicted molar refractivity (Wildman–Crippen MR) is 46.8 cm³/mol. The molecule has 1 aliphatic heterocycles. The van der Waals surface area contributed by atoms with E-state index in [1.54, 1.807) is 0 Å². The van der Waals surface area contributed by atoms with Gasteiger partial charge in [0.25, 0.3) is 0 Å². The van der Waals surface area contributed by atoms with Crippen LogP contribution in [0.4, 0.5) is 0 Å². The lowest BCUT2D eigenvalue weighted by Gasteiger charge is -2.29. The fraction of sp³-hybridized carbons (Fsp3) is 1.00. The Morgan fingerprint density at radius 3 is 2.08 bits per heavy atom. The van der Waals surface area contributed by atoms with E-state index in [-0.39, 0.29) is 6.29 Å². The summed E-state index contributed by atoms with van der Waals surface area (Å²) in [5.74, 6) is 1.60. The number of hydrogen-bond acceptors (Lipinski definition) is 2. The topological polar surface area (TPSA) is 18.5 Å². The van der Waals surface area contributed by atoms with Crippen molar-refractivity contribution in [3.8, 4) is 0 Å². The van der Waals surface area contributed by atoms with Gasteiger partial charge in [-0.25, -0.2) is 0 Å². The Bertz CT molecular complexity index is 133. The molecule has 1 saturated heterocycles. The van der Waals surface area contributed by atoms with Crippen LogP contribution in [-0.2, 0) is 9.47 Å². The standard InChI is InChI=1S/C10H18O2/c1-8-2-4-9(5-3-8)10-11-6-7-12-10/h8-10H,2-7H2,1H3. The average molecular weight is 170 g/mol. The van der Waals surface area contributed by atoms with Crippen molar-refractivity contribution in [2.75, 3.05) is 13.2 Å². The van der Waals surface area contributed by atoms with Crippen LogP contribution in [0, 0.1) is 11.8 Å². The quantitative estimate of drug-likeness (QED) is 0.600. The van der Waals surface area contributed by atoms with Crippen molar-refractivity contribution in [3.63, 3.8) is 0 Å². The Morgan fingerprint density at radius 1 is 0.917 bits per heavy atom. The molecule has 2 heteroatoms. The van der Waals surface area contributed by atoms with Crippen LogP contribution in [0.5, 0.6) is 0 Å². The van der Waals surface area contributed by atoms with Crippen molar-refractivity contribution in [2.45, 2.75) is 38.9 Å². The summed E-state index contributed by atoms with van der Waals surface area (Å²) in [4.78, 5) is 0. The van der Waals surface area contributed by atoms with Gasteiger partial charge in [0.2, 0.25) is 0 Å². The van der Waals surface area contributed by atoms with Gasteiger partial charge in [-0.1, -0.05) is 19.8 Å². The van der Waals surface area contributed by atoms with Crippen LogP contribution in [0.3, 0.4) is 0 Å². The third kappa shape index (κ3) is 1.80. The molecular formula is C10H18O2. The van der Waals surface area contributed by atoms with Crippen molar-refractivity contribution in [1.29, 1.82) is 0 Å². The summed E-state index contributed by atoms with van der Waals surface area (Å²) in [6.45, 7) is 3.94. The van der Waals surface area contributed by atoms with Gasteiger partial charge >= 0.3 is 0 Å². The summed E-state index contributed by atoms with van der Waals surface area (Å²) in [5, 5.41) is 0. The Kier molecular flexibility index (Phi) is 2.66. The molecule has 1 heterocycles. The molecule has 0 aromatic rings. The second-order valence-corrected chi connectivity index (χ2v) is 4.13. The lowest BCUT2D eigenvalue weighted by Crippen LogP contribution is -2.25. The first-order valence-electron chi connectivity index (χ1n) is 5.09. The summed E-state index contributed by atoms with van der Waals surface area (Å²) in [7, 11) is 0. The van der Waals surface area contributed by atoms with Crippen molar-refractivity contribution < 1.29 is 9.47 Å². The van der Waals surface area contributed by atoms with E-state index in [1.807, 2.05) is 0 Å². The monoisotopic (exact) mass is 170 g/mol. The Labute approximate surface area is 74.2 Å². The van der Waals surface area contributed by atoms with Crippen LogP contribution >= 0.6 is 0 Å². The van der Waals surface area contributed by atoms with Gasteiger partial charge in [0.15, 0.2) is 6.29 Å². The molecule has 0 radical (unpaired) electrons. The minimum Gasteiger partial charge on any atom is -0.350 e. The molecular weight excluding hydrogens is 152 g/mol. The molecule has 0 amide bonds. The molecule has 0 aromatic heterocycles. The van der Waals surface area contributed by atoms with E-state index in [9.17, 15) is 0 Å². The van der Waals surface area contributed by atoms with Gasteiger partial charge in [-0.3, -0.25) is 0 Å². The second kappa shape index (κ2) is 3.75. The molecule has 2 aliphatic rings. The first-order chi connectivity index (χ1) is 5.86. The third-order valence-electron chi connectivity index (χ3n) is 3.09. The maximum absolute atomic E-state index is 5.51. The summed E-state index contributed by atoms with van der Waals surface area (Å²) < 4.78 is 11.0. The van der Waals surface area contributed by atoms with E-state index >= 15 is 0 Å². The van der Waals surface area contributed by atoms with Crippen molar-refractivity contribution in [1.82, 2.24) is 0 Å². The van der Waals surface area contributed by atoms with Crippen LogP contribution in [-0.4, -0.2) is 19.5 Å². The Balaban J connectivity index is 1.80. The van der Waals surface area contributed by atoms with Crippen molar-refractivity contribution >= 4 is 0 Å². The second-order valence-electron chi connectivity index (χ2n) is 4.13. The van der Waals surface area contributed by atoms with Gasteiger partial charge in [-0.15, -0.1) is 0 Å². The first-order valence-corrected chi connectivity index (χ1v) is 5.09. The van der Waals surface area contributed by atoms with Gasteiger partial charge in [-0.2, -0.15) is 0 Å². The highest BCUT2D eigenvalue weighted by Gasteiger charge is 2.29. The average Bonchev–Trinajstić information content (AvgIpc) is 2.58. The van der Waals surface area contributed by atoms with Crippen molar-refractivity contribution in [3.05, 3.63) is 0 Å². The Morgan fingerprint density at radius 2 is 1.50 bits per heavy atom. The normalized spacial score (nSPS) is 38.8. The number of hydrogen-bond donors (Lipinski definition) is 0. The highest BCUT2D eigenvalue weighted by Crippen LogP contribution is 2.32. The minimum absolute atomic E-state index is 0.137. The fourth-order valence-electron chi connectivity index (χ4n) is 2.21. The van der Waals surface area contributed by atoms with E-state index in [2.05, 4.69) is 6.92 Å². The summed E-state index contributed by atoms with van der Waals surface area (Å²) >= 11 is 0. The lowest BCUT2D eigenvalue weighted by molar-refractivity contribution is -0.0946. The molecule has 1 aliphatic carbocycles. The zero-order chi connectivity index (χ0) is 8.39. The van der Waals surface area contributed by atoms with Crippen LogP contribution in [0.25, 0.3) is 0 Å². The molecule has 0 bridgehead atoms. The van der Waals surface area contributed by atoms with Crippen LogP contribution < -0.4 is 0 Å². The first kappa shape index (κ1) is 8.52. The molecule has 0 N–H and O–H groups in total. The largest absolute Gasteiger partial charge is 0.350 e. The maximum Gasteiger partial charge on any atom is 0.160 e. The zero-order valence-electron chi connectivity index (χ0n) is 7.79. The van der Waals surface area contributed by atoms with Gasteiger partial charge in [0, 0.05) is 5.92 Å². The molecule has 0 unspecified atom stereocenters. The van der Waals surface area contributed by atoms with E-state index < -0.39 is 0 Å². The molecule has 12 heavy (non-hydrogen) atoms. The van der Waals surface area contributed by atoms with Gasteiger partial charge < -0.3 is 9.47 Å². The van der Waals surface area contributed by atoms with E-state index in [0.29, 0.717) is 5.92 Å². The van der Waals surface area contributed by atoms with Crippen LogP contribution in [0.2, 0.25) is 0 Å². The molecule has 0 aromatic carbocycles. The van der Waals surface area contributed by atoms with Crippen LogP contribution in [0.1, 0.15) is 32.6 Å². The van der Waals surface area contributed by atoms with Crippen LogP contribution in [0.15, 0.2) is 0 Å². The zero-order valence-corrected chi connectivity index (χ0v) is 7.79. The smallest absolute Gasteiger partial charge is 0.160 e. The van der Waals surface area contributed by atoms with Gasteiger partial charge in [0.1, 0.15) is 0 Å². The summed E-state index contributed by atoms with van der Waals surface area (Å²) in [5.41, 5.74) is 0. The molecule has 2 rings (SSSR count). The van der Waals surface area contributed by atoms with E-state index in [1.165, 1.54) is 25.7 Å². The number of rotatable bonds is 1. The third-order valence-corrected chi connectivity index (χ3v) is 3.09. The van der Waals surface area contributed by atoms with Gasteiger partial charge in [-0.05, 0) is 18.8 Å². The maximum atomic E-state index is 5.51. The fourth-order valence-corrected chi connectivity index (χ4v) is 2.21. The molecule has 2 nitrogen and oxygen atoms in total. The molecule has 2 fully saturated rings. The summed E-state index contributed by atoms with van der Waals surface area (Å²) in [6.07, 6.45) is 5.44. The summed E-state index contributed by atoms with van der Waals surface area (Å²) in [6, 6.07) is 0. The van der Waals surface area contributed by atoms with E-state index in [0.717, 1.165) is 19.1 Å². The highest BCUT2D eigenvalue weighted by atomic mass is 16.7. The molecule has 70 valence electrons. The number of ether oxygens (including phenoxy) is 2. The lowest BCUT2D eigenvalue weighted by atomic mass is 9.83. The predicted octanol–water partition coefficient (Wildman–Crippen LogP) is 2.19. The highest BCUT2D eigenvalue weighted by molar-refractivity contribution is 4.73. The minimum atomic E-state index is 0.137. The molecule has 0 atom stereocenters. The molecule has 0 spiro atoms.